The van der Waals surface area contributed by atoms with Gasteiger partial charge in [0.15, 0.2) is 0 Å². The van der Waals surface area contributed by atoms with Gasteiger partial charge in [-0.2, -0.15) is 0 Å². The second-order valence-electron chi connectivity index (χ2n) is 7.94. The van der Waals surface area contributed by atoms with E-state index in [9.17, 15) is 19.5 Å². The van der Waals surface area contributed by atoms with Gasteiger partial charge < -0.3 is 20.1 Å². The maximum absolute atomic E-state index is 12.8. The lowest BCUT2D eigenvalue weighted by Crippen LogP contribution is -2.65. The standard InChI is InChI=1S/C26H24N2O5/c1-16(26(31)32)28-23(24(25(28)30)33-22-9-4-3-5-10-22)19-13-11-18(12-14-19)20-7-6-8-21(15-20)27-17(2)29/h3-16,23-24H,1-2H3,(H,27,29)(H,31,32)/t16-,23-,24+/m0/s1. The first-order valence-corrected chi connectivity index (χ1v) is 10.6. The van der Waals surface area contributed by atoms with Crippen molar-refractivity contribution in [3.05, 3.63) is 84.4 Å². The Kier molecular flexibility index (Phi) is 6.13. The van der Waals surface area contributed by atoms with Crippen LogP contribution in [0.5, 0.6) is 5.75 Å². The van der Waals surface area contributed by atoms with E-state index in [1.807, 2.05) is 66.7 Å². The summed E-state index contributed by atoms with van der Waals surface area (Å²) in [6.45, 7) is 2.95. The molecule has 1 heterocycles. The number of likely N-dealkylation sites (tertiary alicyclic amines) is 1. The van der Waals surface area contributed by atoms with Crippen molar-refractivity contribution in [2.45, 2.75) is 32.0 Å². The van der Waals surface area contributed by atoms with Gasteiger partial charge in [-0.15, -0.1) is 0 Å². The predicted octanol–water partition coefficient (Wildman–Crippen LogP) is 4.12. The number of hydrogen-bond acceptors (Lipinski definition) is 4. The molecule has 3 aromatic rings. The molecule has 7 nitrogen and oxygen atoms in total. The van der Waals surface area contributed by atoms with Gasteiger partial charge in [-0.1, -0.05) is 54.6 Å². The summed E-state index contributed by atoms with van der Waals surface area (Å²) in [6.07, 6.45) is -0.803. The molecule has 1 saturated heterocycles. The lowest BCUT2D eigenvalue weighted by atomic mass is 9.87. The van der Waals surface area contributed by atoms with Gasteiger partial charge in [-0.25, -0.2) is 4.79 Å². The molecule has 4 rings (SSSR count). The molecule has 2 amide bonds. The van der Waals surface area contributed by atoms with Crippen molar-refractivity contribution >= 4 is 23.5 Å². The van der Waals surface area contributed by atoms with Crippen molar-refractivity contribution < 1.29 is 24.2 Å². The van der Waals surface area contributed by atoms with E-state index in [1.165, 1.54) is 18.7 Å². The van der Waals surface area contributed by atoms with Crippen molar-refractivity contribution in [1.82, 2.24) is 4.90 Å². The van der Waals surface area contributed by atoms with Gasteiger partial charge in [0.2, 0.25) is 12.0 Å². The molecule has 1 aliphatic rings. The molecule has 0 spiro atoms. The Morgan fingerprint density at radius 1 is 0.970 bits per heavy atom. The predicted molar refractivity (Wildman–Crippen MR) is 124 cm³/mol. The molecule has 33 heavy (non-hydrogen) atoms. The van der Waals surface area contributed by atoms with Crippen molar-refractivity contribution in [2.24, 2.45) is 0 Å². The highest BCUT2D eigenvalue weighted by molar-refractivity contribution is 5.93. The minimum atomic E-state index is -1.07. The van der Waals surface area contributed by atoms with Gasteiger partial charge in [0, 0.05) is 12.6 Å². The minimum Gasteiger partial charge on any atom is -0.480 e. The number of amides is 2. The number of carbonyl (C=O) groups is 3. The second-order valence-corrected chi connectivity index (χ2v) is 7.94. The van der Waals surface area contributed by atoms with Crippen molar-refractivity contribution in [2.75, 3.05) is 5.32 Å². The zero-order chi connectivity index (χ0) is 23.5. The summed E-state index contributed by atoms with van der Waals surface area (Å²) in [5, 5.41) is 12.3. The monoisotopic (exact) mass is 444 g/mol. The summed E-state index contributed by atoms with van der Waals surface area (Å²) in [7, 11) is 0. The molecule has 0 unspecified atom stereocenters. The minimum absolute atomic E-state index is 0.144. The molecule has 168 valence electrons. The summed E-state index contributed by atoms with van der Waals surface area (Å²) in [4.78, 5) is 37.1. The van der Waals surface area contributed by atoms with Gasteiger partial charge in [-0.3, -0.25) is 9.59 Å². The Hall–Kier alpha value is -4.13. The number of hydrogen-bond donors (Lipinski definition) is 2. The first-order chi connectivity index (χ1) is 15.8. The third kappa shape index (κ3) is 4.57. The first kappa shape index (κ1) is 22.1. The van der Waals surface area contributed by atoms with E-state index >= 15 is 0 Å². The molecule has 0 radical (unpaired) electrons. The van der Waals surface area contributed by atoms with Crippen molar-refractivity contribution in [3.63, 3.8) is 0 Å². The van der Waals surface area contributed by atoms with E-state index in [0.717, 1.165) is 16.7 Å². The number of β-lactam (4-membered cyclic amide) rings is 1. The van der Waals surface area contributed by atoms with Crippen molar-refractivity contribution in [3.8, 4) is 16.9 Å². The number of para-hydroxylation sites is 1. The maximum Gasteiger partial charge on any atom is 0.326 e. The van der Waals surface area contributed by atoms with E-state index in [0.29, 0.717) is 11.4 Å². The summed E-state index contributed by atoms with van der Waals surface area (Å²) < 4.78 is 5.93. The van der Waals surface area contributed by atoms with Crippen LogP contribution in [0.1, 0.15) is 25.5 Å². The number of carboxylic acid groups (broad SMARTS) is 1. The van der Waals surface area contributed by atoms with Crippen LogP contribution in [0, 0.1) is 0 Å². The largest absolute Gasteiger partial charge is 0.480 e. The number of ether oxygens (including phenoxy) is 1. The fourth-order valence-corrected chi connectivity index (χ4v) is 3.98. The summed E-state index contributed by atoms with van der Waals surface area (Å²) in [6, 6.07) is 22.6. The van der Waals surface area contributed by atoms with Crippen molar-refractivity contribution in [1.29, 1.82) is 0 Å². The number of benzene rings is 3. The normalized spacial score (nSPS) is 18.2. The lowest BCUT2D eigenvalue weighted by molar-refractivity contribution is -0.175. The Labute approximate surface area is 191 Å². The lowest BCUT2D eigenvalue weighted by Gasteiger charge is -2.48. The molecule has 0 bridgehead atoms. The maximum atomic E-state index is 12.8. The van der Waals surface area contributed by atoms with Crippen LogP contribution in [0.3, 0.4) is 0 Å². The first-order valence-electron chi connectivity index (χ1n) is 10.6. The quantitative estimate of drug-likeness (QED) is 0.535. The van der Waals surface area contributed by atoms with Gasteiger partial charge in [-0.05, 0) is 47.9 Å². The zero-order valence-corrected chi connectivity index (χ0v) is 18.3. The molecule has 3 aromatic carbocycles. The van der Waals surface area contributed by atoms with E-state index in [4.69, 9.17) is 4.74 Å². The summed E-state index contributed by atoms with van der Waals surface area (Å²) in [5.74, 6) is -1.02. The van der Waals surface area contributed by atoms with E-state index in [2.05, 4.69) is 5.32 Å². The summed E-state index contributed by atoms with van der Waals surface area (Å²) >= 11 is 0. The number of nitrogens with one attached hydrogen (secondary N) is 1. The Bertz CT molecular complexity index is 1180. The van der Waals surface area contributed by atoms with Gasteiger partial charge in [0.25, 0.3) is 5.91 Å². The fraction of sp³-hybridized carbons (Fsp3) is 0.192. The highest BCUT2D eigenvalue weighted by atomic mass is 16.5. The smallest absolute Gasteiger partial charge is 0.326 e. The number of aliphatic carboxylic acids is 1. The Balaban J connectivity index is 1.62. The fourth-order valence-electron chi connectivity index (χ4n) is 3.98. The summed E-state index contributed by atoms with van der Waals surface area (Å²) in [5.41, 5.74) is 3.33. The van der Waals surface area contributed by atoms with E-state index < -0.39 is 24.2 Å². The highest BCUT2D eigenvalue weighted by Gasteiger charge is 2.53. The third-order valence-corrected chi connectivity index (χ3v) is 5.63. The zero-order valence-electron chi connectivity index (χ0n) is 18.3. The molecular weight excluding hydrogens is 420 g/mol. The van der Waals surface area contributed by atoms with Crippen LogP contribution in [0.4, 0.5) is 5.69 Å². The highest BCUT2D eigenvalue weighted by Crippen LogP contribution is 2.40. The number of carbonyl (C=O) groups excluding carboxylic acids is 2. The SMILES string of the molecule is CC(=O)Nc1cccc(-c2ccc([C@H]3[C@@H](Oc4ccccc4)C(=O)N3[C@@H](C)C(=O)O)cc2)c1. The molecule has 0 aromatic heterocycles. The number of carboxylic acids is 1. The molecule has 3 atom stereocenters. The van der Waals surface area contributed by atoms with Crippen LogP contribution in [0.25, 0.3) is 11.1 Å². The van der Waals surface area contributed by atoms with Gasteiger partial charge >= 0.3 is 5.97 Å². The molecule has 1 aliphatic heterocycles. The molecule has 1 fully saturated rings. The van der Waals surface area contributed by atoms with Crippen LogP contribution in [-0.4, -0.2) is 39.9 Å². The molecular formula is C26H24N2O5. The van der Waals surface area contributed by atoms with Gasteiger partial charge in [0.05, 0.1) is 0 Å². The van der Waals surface area contributed by atoms with Crippen LogP contribution >= 0.6 is 0 Å². The molecule has 0 aliphatic carbocycles. The molecule has 0 saturated carbocycles. The topological polar surface area (TPSA) is 95.9 Å². The second kappa shape index (κ2) is 9.16. The van der Waals surface area contributed by atoms with Crippen LogP contribution in [0.2, 0.25) is 0 Å². The van der Waals surface area contributed by atoms with Crippen LogP contribution < -0.4 is 10.1 Å². The molecule has 7 heteroatoms. The number of anilines is 1. The van der Waals surface area contributed by atoms with E-state index in [-0.39, 0.29) is 11.8 Å². The third-order valence-electron chi connectivity index (χ3n) is 5.63. The molecule has 2 N–H and O–H groups in total. The average Bonchev–Trinajstić information content (AvgIpc) is 2.81. The Morgan fingerprint density at radius 2 is 1.67 bits per heavy atom. The van der Waals surface area contributed by atoms with Crippen LogP contribution in [-0.2, 0) is 14.4 Å². The number of nitrogens with zero attached hydrogens (tertiary/aromatic N) is 1. The van der Waals surface area contributed by atoms with Gasteiger partial charge in [0.1, 0.15) is 17.8 Å². The Morgan fingerprint density at radius 3 is 2.30 bits per heavy atom. The van der Waals surface area contributed by atoms with E-state index in [1.54, 1.807) is 12.1 Å². The average molecular weight is 444 g/mol. The van der Waals surface area contributed by atoms with Crippen LogP contribution in [0.15, 0.2) is 78.9 Å². The number of rotatable bonds is 7.